The molecule has 1 atom stereocenters. The summed E-state index contributed by atoms with van der Waals surface area (Å²) in [6, 6.07) is 15.0. The van der Waals surface area contributed by atoms with E-state index < -0.39 is 23.9 Å². The molecule has 0 radical (unpaired) electrons. The number of hydrogen-bond donors (Lipinski definition) is 2. The molecule has 2 aromatic rings. The molecule has 0 bridgehead atoms. The summed E-state index contributed by atoms with van der Waals surface area (Å²) in [5, 5.41) is 0. The minimum absolute atomic E-state index is 0.0497. The lowest BCUT2D eigenvalue weighted by molar-refractivity contribution is -0.155. The Kier molecular flexibility index (Phi) is 8.56. The number of carbonyl (C=O) groups is 4. The molecule has 8 heteroatoms. The summed E-state index contributed by atoms with van der Waals surface area (Å²) in [5.74, 6) is -1.44. The number of esters is 1. The highest BCUT2D eigenvalue weighted by atomic mass is 16.5. The fraction of sp³-hybridized carbons (Fsp3) is 0.273. The van der Waals surface area contributed by atoms with Crippen LogP contribution >= 0.6 is 0 Å². The zero-order valence-electron chi connectivity index (χ0n) is 16.8. The van der Waals surface area contributed by atoms with E-state index in [4.69, 9.17) is 9.47 Å². The lowest BCUT2D eigenvalue weighted by Crippen LogP contribution is -2.46. The largest absolute Gasteiger partial charge is 0.494 e. The van der Waals surface area contributed by atoms with Crippen molar-refractivity contribution in [3.8, 4) is 5.75 Å². The minimum atomic E-state index is -1.13. The maximum absolute atomic E-state index is 12.2. The Morgan fingerprint density at radius 2 is 1.53 bits per heavy atom. The fourth-order valence-electron chi connectivity index (χ4n) is 2.45. The van der Waals surface area contributed by atoms with Crippen LogP contribution in [0.15, 0.2) is 54.6 Å². The number of Topliss-reactive ketones (excluding diaryl/α,β-unsaturated/α-hetero) is 1. The number of nitrogens with one attached hydrogen (secondary N) is 2. The topological polar surface area (TPSA) is 111 Å². The van der Waals surface area contributed by atoms with E-state index in [1.54, 1.807) is 54.6 Å². The third kappa shape index (κ3) is 7.05. The summed E-state index contributed by atoms with van der Waals surface area (Å²) in [6.45, 7) is 3.76. The third-order valence-corrected chi connectivity index (χ3v) is 4.06. The number of hydrazine groups is 1. The molecule has 0 saturated heterocycles. The van der Waals surface area contributed by atoms with Gasteiger partial charge in [-0.1, -0.05) is 18.2 Å². The van der Waals surface area contributed by atoms with E-state index in [0.29, 0.717) is 23.5 Å². The maximum atomic E-state index is 12.2. The number of ketones is 1. The summed E-state index contributed by atoms with van der Waals surface area (Å²) >= 11 is 0. The SMILES string of the molecule is CCOc1ccc(C(=O)CCC(=O)O[C@@H](C)C(=O)NNC(=O)c2ccccc2)cc1. The van der Waals surface area contributed by atoms with Crippen LogP contribution < -0.4 is 15.6 Å². The van der Waals surface area contributed by atoms with Gasteiger partial charge in [0.25, 0.3) is 11.8 Å². The van der Waals surface area contributed by atoms with Crippen molar-refractivity contribution in [3.63, 3.8) is 0 Å². The van der Waals surface area contributed by atoms with Gasteiger partial charge in [0.2, 0.25) is 0 Å². The number of hydrogen-bond acceptors (Lipinski definition) is 6. The molecule has 0 fully saturated rings. The zero-order valence-corrected chi connectivity index (χ0v) is 16.8. The molecule has 0 spiro atoms. The zero-order chi connectivity index (χ0) is 21.9. The molecule has 2 aromatic carbocycles. The Labute approximate surface area is 174 Å². The molecule has 0 saturated carbocycles. The van der Waals surface area contributed by atoms with Gasteiger partial charge < -0.3 is 9.47 Å². The van der Waals surface area contributed by atoms with Crippen LogP contribution in [0.4, 0.5) is 0 Å². The van der Waals surface area contributed by atoms with E-state index >= 15 is 0 Å². The molecule has 0 aromatic heterocycles. The van der Waals surface area contributed by atoms with E-state index in [1.165, 1.54) is 6.92 Å². The maximum Gasteiger partial charge on any atom is 0.307 e. The van der Waals surface area contributed by atoms with Gasteiger partial charge in [0.15, 0.2) is 11.9 Å². The van der Waals surface area contributed by atoms with E-state index in [9.17, 15) is 19.2 Å². The average Bonchev–Trinajstić information content (AvgIpc) is 2.76. The minimum Gasteiger partial charge on any atom is -0.494 e. The van der Waals surface area contributed by atoms with Crippen LogP contribution in [0.1, 0.15) is 47.4 Å². The van der Waals surface area contributed by atoms with Crippen LogP contribution in [0.2, 0.25) is 0 Å². The molecule has 0 aliphatic carbocycles. The Morgan fingerprint density at radius 3 is 2.17 bits per heavy atom. The number of rotatable bonds is 9. The Balaban J connectivity index is 1.73. The van der Waals surface area contributed by atoms with Gasteiger partial charge >= 0.3 is 5.97 Å². The Hall–Kier alpha value is -3.68. The van der Waals surface area contributed by atoms with Gasteiger partial charge in [0.1, 0.15) is 5.75 Å². The summed E-state index contributed by atoms with van der Waals surface area (Å²) in [5.41, 5.74) is 5.27. The van der Waals surface area contributed by atoms with Crippen LogP contribution in [-0.4, -0.2) is 36.3 Å². The average molecular weight is 412 g/mol. The van der Waals surface area contributed by atoms with Crippen molar-refractivity contribution < 1.29 is 28.7 Å². The Bertz CT molecular complexity index is 880. The van der Waals surface area contributed by atoms with Gasteiger partial charge in [-0.05, 0) is 50.2 Å². The molecule has 0 heterocycles. The predicted octanol–water partition coefficient (Wildman–Crippen LogP) is 2.44. The second kappa shape index (κ2) is 11.4. The first-order valence-corrected chi connectivity index (χ1v) is 9.51. The second-order valence-corrected chi connectivity index (χ2v) is 6.32. The molecule has 30 heavy (non-hydrogen) atoms. The normalized spacial score (nSPS) is 11.1. The van der Waals surface area contributed by atoms with Gasteiger partial charge in [-0.15, -0.1) is 0 Å². The van der Waals surface area contributed by atoms with Crippen LogP contribution in [0.5, 0.6) is 5.75 Å². The summed E-state index contributed by atoms with van der Waals surface area (Å²) in [4.78, 5) is 48.0. The number of benzene rings is 2. The monoisotopic (exact) mass is 412 g/mol. The van der Waals surface area contributed by atoms with Crippen molar-refractivity contribution in [1.29, 1.82) is 0 Å². The lowest BCUT2D eigenvalue weighted by atomic mass is 10.1. The molecule has 2 amide bonds. The van der Waals surface area contributed by atoms with E-state index in [1.807, 2.05) is 6.92 Å². The highest BCUT2D eigenvalue weighted by Gasteiger charge is 2.19. The number of carbonyl (C=O) groups excluding carboxylic acids is 4. The van der Waals surface area contributed by atoms with E-state index in [2.05, 4.69) is 10.9 Å². The highest BCUT2D eigenvalue weighted by Crippen LogP contribution is 2.14. The smallest absolute Gasteiger partial charge is 0.307 e. The number of amides is 2. The van der Waals surface area contributed by atoms with Gasteiger partial charge in [0, 0.05) is 17.5 Å². The summed E-state index contributed by atoms with van der Waals surface area (Å²) in [6.07, 6.45) is -1.35. The van der Waals surface area contributed by atoms with Crippen LogP contribution in [0.3, 0.4) is 0 Å². The summed E-state index contributed by atoms with van der Waals surface area (Å²) < 4.78 is 10.3. The second-order valence-electron chi connectivity index (χ2n) is 6.32. The summed E-state index contributed by atoms with van der Waals surface area (Å²) in [7, 11) is 0. The van der Waals surface area contributed by atoms with Gasteiger partial charge in [0.05, 0.1) is 13.0 Å². The fourth-order valence-corrected chi connectivity index (χ4v) is 2.45. The highest BCUT2D eigenvalue weighted by molar-refractivity contribution is 5.98. The van der Waals surface area contributed by atoms with Crippen molar-refractivity contribution >= 4 is 23.6 Å². The lowest BCUT2D eigenvalue weighted by Gasteiger charge is -2.14. The van der Waals surface area contributed by atoms with Crippen LogP contribution in [0.25, 0.3) is 0 Å². The molecular formula is C22H24N2O6. The Morgan fingerprint density at radius 1 is 0.867 bits per heavy atom. The number of ether oxygens (including phenoxy) is 2. The predicted molar refractivity (Wildman–Crippen MR) is 109 cm³/mol. The van der Waals surface area contributed by atoms with Gasteiger partial charge in [-0.25, -0.2) is 0 Å². The first-order chi connectivity index (χ1) is 14.4. The van der Waals surface area contributed by atoms with Gasteiger partial charge in [-0.2, -0.15) is 0 Å². The van der Waals surface area contributed by atoms with Crippen LogP contribution in [-0.2, 0) is 14.3 Å². The first-order valence-electron chi connectivity index (χ1n) is 9.51. The van der Waals surface area contributed by atoms with Gasteiger partial charge in [-0.3, -0.25) is 30.0 Å². The molecular weight excluding hydrogens is 388 g/mol. The van der Waals surface area contributed by atoms with Crippen molar-refractivity contribution in [2.24, 2.45) is 0 Å². The third-order valence-electron chi connectivity index (χ3n) is 4.06. The molecule has 158 valence electrons. The molecule has 0 aliphatic rings. The van der Waals surface area contributed by atoms with E-state index in [-0.39, 0.29) is 18.6 Å². The van der Waals surface area contributed by atoms with Crippen LogP contribution in [0, 0.1) is 0 Å². The molecule has 0 unspecified atom stereocenters. The first kappa shape index (κ1) is 22.6. The van der Waals surface area contributed by atoms with Crippen molar-refractivity contribution in [2.45, 2.75) is 32.8 Å². The quantitative estimate of drug-likeness (QED) is 0.372. The van der Waals surface area contributed by atoms with E-state index in [0.717, 1.165) is 0 Å². The molecule has 0 aliphatic heterocycles. The standard InChI is InChI=1S/C22H24N2O6/c1-3-29-18-11-9-16(10-12-18)19(25)13-14-20(26)30-15(2)21(27)23-24-22(28)17-7-5-4-6-8-17/h4-12,15H,3,13-14H2,1-2H3,(H,23,27)(H,24,28)/t15-/m0/s1. The van der Waals surface area contributed by atoms with Crippen molar-refractivity contribution in [3.05, 3.63) is 65.7 Å². The molecule has 2 N–H and O–H groups in total. The van der Waals surface area contributed by atoms with Crippen molar-refractivity contribution in [2.75, 3.05) is 6.61 Å². The molecule has 8 nitrogen and oxygen atoms in total. The van der Waals surface area contributed by atoms with Crippen molar-refractivity contribution in [1.82, 2.24) is 10.9 Å². The molecule has 2 rings (SSSR count).